The molecule has 0 amide bonds. The van der Waals surface area contributed by atoms with Crippen LogP contribution in [0.25, 0.3) is 0 Å². The molecule has 0 saturated heterocycles. The van der Waals surface area contributed by atoms with E-state index in [0.717, 1.165) is 48.1 Å². The number of carboxylic acid groups (broad SMARTS) is 1. The van der Waals surface area contributed by atoms with Crippen molar-refractivity contribution in [3.8, 4) is 5.75 Å². The zero-order chi connectivity index (χ0) is 14.0. The van der Waals surface area contributed by atoms with E-state index in [2.05, 4.69) is 6.92 Å². The van der Waals surface area contributed by atoms with E-state index in [-0.39, 0.29) is 0 Å². The summed E-state index contributed by atoms with van der Waals surface area (Å²) in [4.78, 5) is 11.6. The van der Waals surface area contributed by atoms with Crippen molar-refractivity contribution in [2.45, 2.75) is 46.0 Å². The molecule has 104 valence electrons. The summed E-state index contributed by atoms with van der Waals surface area (Å²) in [7, 11) is 1.66. The second kappa shape index (κ2) is 5.24. The lowest BCUT2D eigenvalue weighted by Crippen LogP contribution is -2.30. The van der Waals surface area contributed by atoms with Crippen molar-refractivity contribution in [2.75, 3.05) is 7.11 Å². The van der Waals surface area contributed by atoms with E-state index in [1.165, 1.54) is 0 Å². The minimum atomic E-state index is -0.641. The van der Waals surface area contributed by atoms with Crippen LogP contribution in [0.2, 0.25) is 0 Å². The van der Waals surface area contributed by atoms with Gasteiger partial charge in [-0.2, -0.15) is 0 Å². The highest BCUT2D eigenvalue weighted by Crippen LogP contribution is 2.42. The Labute approximate surface area is 114 Å². The van der Waals surface area contributed by atoms with Gasteiger partial charge in [0.25, 0.3) is 0 Å². The Morgan fingerprint density at radius 2 is 1.89 bits per heavy atom. The second-order valence-corrected chi connectivity index (χ2v) is 5.65. The zero-order valence-electron chi connectivity index (χ0n) is 12.0. The van der Waals surface area contributed by atoms with Crippen molar-refractivity contribution in [1.29, 1.82) is 0 Å². The summed E-state index contributed by atoms with van der Waals surface area (Å²) in [6.45, 7) is 4.08. The van der Waals surface area contributed by atoms with Gasteiger partial charge in [-0.25, -0.2) is 0 Å². The third-order valence-electron chi connectivity index (χ3n) is 4.61. The first-order valence-electron chi connectivity index (χ1n) is 6.87. The van der Waals surface area contributed by atoms with Crippen molar-refractivity contribution < 1.29 is 14.6 Å². The number of carboxylic acids is 1. The van der Waals surface area contributed by atoms with Crippen molar-refractivity contribution in [1.82, 2.24) is 0 Å². The zero-order valence-corrected chi connectivity index (χ0v) is 12.0. The Balaban J connectivity index is 2.33. The predicted octanol–water partition coefficient (Wildman–Crippen LogP) is 3.50. The summed E-state index contributed by atoms with van der Waals surface area (Å²) in [6.07, 6.45) is 4.29. The molecule has 0 unspecified atom stereocenters. The van der Waals surface area contributed by atoms with Crippen molar-refractivity contribution >= 4 is 5.97 Å². The number of hydrogen-bond donors (Lipinski definition) is 1. The van der Waals surface area contributed by atoms with Crippen LogP contribution in [0.1, 0.15) is 42.4 Å². The number of rotatable bonds is 4. The second-order valence-electron chi connectivity index (χ2n) is 5.65. The minimum Gasteiger partial charge on any atom is -0.496 e. The molecule has 1 saturated carbocycles. The van der Waals surface area contributed by atoms with Gasteiger partial charge in [0, 0.05) is 0 Å². The molecule has 1 aromatic carbocycles. The van der Waals surface area contributed by atoms with Crippen LogP contribution in [0.3, 0.4) is 0 Å². The molecule has 3 heteroatoms. The van der Waals surface area contributed by atoms with E-state index in [0.29, 0.717) is 6.42 Å². The quantitative estimate of drug-likeness (QED) is 0.903. The normalized spacial score (nSPS) is 17.4. The molecular formula is C16H22O3. The third kappa shape index (κ3) is 2.46. The van der Waals surface area contributed by atoms with Crippen LogP contribution in [-0.4, -0.2) is 18.2 Å². The summed E-state index contributed by atoms with van der Waals surface area (Å²) in [6, 6.07) is 3.96. The van der Waals surface area contributed by atoms with E-state index in [1.807, 2.05) is 19.1 Å². The smallest absolute Gasteiger partial charge is 0.309 e. The molecule has 0 aromatic heterocycles. The first kappa shape index (κ1) is 13.9. The number of methoxy groups -OCH3 is 1. The highest BCUT2D eigenvalue weighted by atomic mass is 16.5. The van der Waals surface area contributed by atoms with Gasteiger partial charge in [-0.05, 0) is 55.9 Å². The fourth-order valence-corrected chi connectivity index (χ4v) is 3.15. The fraction of sp³-hybridized carbons (Fsp3) is 0.562. The molecule has 0 spiro atoms. The van der Waals surface area contributed by atoms with E-state index in [9.17, 15) is 9.90 Å². The molecule has 1 aliphatic carbocycles. The molecule has 1 fully saturated rings. The standard InChI is InChI=1S/C16H22O3/c1-11-12(2)14(19-3)7-6-13(11)10-16(15(17)18)8-4-5-9-16/h6-7H,4-5,8-10H2,1-3H3,(H,17,18). The van der Waals surface area contributed by atoms with Crippen LogP contribution in [0.4, 0.5) is 0 Å². The summed E-state index contributed by atoms with van der Waals surface area (Å²) in [5.74, 6) is 0.231. The summed E-state index contributed by atoms with van der Waals surface area (Å²) < 4.78 is 5.31. The lowest BCUT2D eigenvalue weighted by Gasteiger charge is -2.25. The Kier molecular flexibility index (Phi) is 3.83. The third-order valence-corrected chi connectivity index (χ3v) is 4.61. The molecule has 19 heavy (non-hydrogen) atoms. The molecule has 1 aliphatic rings. The Morgan fingerprint density at radius 1 is 1.26 bits per heavy atom. The number of hydrogen-bond acceptors (Lipinski definition) is 2. The summed E-state index contributed by atoms with van der Waals surface area (Å²) >= 11 is 0. The SMILES string of the molecule is COc1ccc(CC2(C(=O)O)CCCC2)c(C)c1C. The molecule has 1 aromatic rings. The Hall–Kier alpha value is -1.51. The van der Waals surface area contributed by atoms with Crippen LogP contribution in [0.15, 0.2) is 12.1 Å². The number of aliphatic carboxylic acids is 1. The number of ether oxygens (including phenoxy) is 1. The van der Waals surface area contributed by atoms with Gasteiger partial charge < -0.3 is 9.84 Å². The van der Waals surface area contributed by atoms with Gasteiger partial charge in [0.05, 0.1) is 12.5 Å². The average Bonchev–Trinajstić information content (AvgIpc) is 2.85. The molecule has 1 N–H and O–H groups in total. The largest absolute Gasteiger partial charge is 0.496 e. The highest BCUT2D eigenvalue weighted by molar-refractivity contribution is 5.75. The number of carbonyl (C=O) groups is 1. The van der Waals surface area contributed by atoms with E-state index in [4.69, 9.17) is 4.74 Å². The molecule has 0 aliphatic heterocycles. The van der Waals surface area contributed by atoms with Gasteiger partial charge in [0.1, 0.15) is 5.75 Å². The van der Waals surface area contributed by atoms with Crippen LogP contribution in [-0.2, 0) is 11.2 Å². The van der Waals surface area contributed by atoms with Gasteiger partial charge in [0.2, 0.25) is 0 Å². The Bertz CT molecular complexity index is 485. The predicted molar refractivity (Wildman–Crippen MR) is 74.7 cm³/mol. The van der Waals surface area contributed by atoms with Gasteiger partial charge in [-0.15, -0.1) is 0 Å². The first-order valence-corrected chi connectivity index (χ1v) is 6.87. The minimum absolute atomic E-state index is 0.550. The molecular weight excluding hydrogens is 240 g/mol. The maximum absolute atomic E-state index is 11.6. The van der Waals surface area contributed by atoms with E-state index in [1.54, 1.807) is 7.11 Å². The lowest BCUT2D eigenvalue weighted by molar-refractivity contribution is -0.148. The van der Waals surface area contributed by atoms with Crippen LogP contribution in [0.5, 0.6) is 5.75 Å². The first-order chi connectivity index (χ1) is 9.00. The molecule has 0 bridgehead atoms. The van der Waals surface area contributed by atoms with E-state index < -0.39 is 11.4 Å². The maximum atomic E-state index is 11.6. The van der Waals surface area contributed by atoms with Gasteiger partial charge in [-0.3, -0.25) is 4.79 Å². The molecule has 0 heterocycles. The topological polar surface area (TPSA) is 46.5 Å². The monoisotopic (exact) mass is 262 g/mol. The van der Waals surface area contributed by atoms with Gasteiger partial charge in [0.15, 0.2) is 0 Å². The summed E-state index contributed by atoms with van der Waals surface area (Å²) in [5, 5.41) is 9.56. The summed E-state index contributed by atoms with van der Waals surface area (Å²) in [5.41, 5.74) is 2.86. The number of benzene rings is 1. The lowest BCUT2D eigenvalue weighted by atomic mass is 9.78. The van der Waals surface area contributed by atoms with Crippen molar-refractivity contribution in [2.24, 2.45) is 5.41 Å². The maximum Gasteiger partial charge on any atom is 0.309 e. The average molecular weight is 262 g/mol. The van der Waals surface area contributed by atoms with Gasteiger partial charge >= 0.3 is 5.97 Å². The molecule has 2 rings (SSSR count). The van der Waals surface area contributed by atoms with E-state index >= 15 is 0 Å². The highest BCUT2D eigenvalue weighted by Gasteiger charge is 2.41. The molecule has 3 nitrogen and oxygen atoms in total. The Morgan fingerprint density at radius 3 is 2.42 bits per heavy atom. The van der Waals surface area contributed by atoms with Crippen LogP contribution in [0, 0.1) is 19.3 Å². The van der Waals surface area contributed by atoms with Crippen molar-refractivity contribution in [3.63, 3.8) is 0 Å². The van der Waals surface area contributed by atoms with Gasteiger partial charge in [-0.1, -0.05) is 18.9 Å². The van der Waals surface area contributed by atoms with Crippen LogP contribution >= 0.6 is 0 Å². The fourth-order valence-electron chi connectivity index (χ4n) is 3.15. The molecule has 0 atom stereocenters. The van der Waals surface area contributed by atoms with Crippen LogP contribution < -0.4 is 4.74 Å². The van der Waals surface area contributed by atoms with Crippen molar-refractivity contribution in [3.05, 3.63) is 28.8 Å². The molecule has 0 radical (unpaired) electrons.